The molecule has 2 aromatic rings. The van der Waals surface area contributed by atoms with Gasteiger partial charge in [0.05, 0.1) is 18.8 Å². The van der Waals surface area contributed by atoms with Crippen molar-refractivity contribution in [2.75, 3.05) is 24.7 Å². The summed E-state index contributed by atoms with van der Waals surface area (Å²) in [6.45, 7) is 2.67. The van der Waals surface area contributed by atoms with Crippen molar-refractivity contribution in [2.24, 2.45) is 5.92 Å². The molecule has 1 aliphatic heterocycles. The number of amides is 2. The lowest BCUT2D eigenvalue weighted by atomic mass is 9.83. The molecule has 0 aromatic heterocycles. The summed E-state index contributed by atoms with van der Waals surface area (Å²) in [5.41, 5.74) is 2.28. The molecule has 1 fully saturated rings. The van der Waals surface area contributed by atoms with E-state index in [2.05, 4.69) is 10.6 Å². The van der Waals surface area contributed by atoms with E-state index >= 15 is 0 Å². The fourth-order valence-corrected chi connectivity index (χ4v) is 5.75. The van der Waals surface area contributed by atoms with Crippen LogP contribution in [-0.2, 0) is 23.9 Å². The quantitative estimate of drug-likeness (QED) is 0.139. The lowest BCUT2D eigenvalue weighted by Gasteiger charge is -2.47. The molecule has 1 heterocycles. The van der Waals surface area contributed by atoms with Crippen molar-refractivity contribution in [3.8, 4) is 11.1 Å². The minimum absolute atomic E-state index is 0.0440. The summed E-state index contributed by atoms with van der Waals surface area (Å²) >= 11 is 1.54. The van der Waals surface area contributed by atoms with Gasteiger partial charge in [0.1, 0.15) is 18.5 Å². The predicted octanol–water partition coefficient (Wildman–Crippen LogP) is 2.24. The van der Waals surface area contributed by atoms with Crippen LogP contribution in [0.3, 0.4) is 0 Å². The van der Waals surface area contributed by atoms with Crippen molar-refractivity contribution < 1.29 is 44.0 Å². The van der Waals surface area contributed by atoms with E-state index in [1.165, 1.54) is 18.7 Å². The zero-order chi connectivity index (χ0) is 31.4. The Morgan fingerprint density at radius 2 is 1.77 bits per heavy atom. The van der Waals surface area contributed by atoms with Crippen molar-refractivity contribution in [1.29, 1.82) is 0 Å². The van der Waals surface area contributed by atoms with Gasteiger partial charge in [0, 0.05) is 31.9 Å². The van der Waals surface area contributed by atoms with Crippen LogP contribution in [0.2, 0.25) is 0 Å². The van der Waals surface area contributed by atoms with Crippen LogP contribution in [0.5, 0.6) is 0 Å². The van der Waals surface area contributed by atoms with E-state index in [-0.39, 0.29) is 19.6 Å². The number of ether oxygens (including phenoxy) is 2. The molecule has 0 bridgehead atoms. The Kier molecular flexibility index (Phi) is 13.1. The Bertz CT molecular complexity index is 1210. The van der Waals surface area contributed by atoms with Crippen molar-refractivity contribution in [1.82, 2.24) is 10.6 Å². The number of aliphatic hydroxyl groups excluding tert-OH is 2. The average molecular weight is 617 g/mol. The van der Waals surface area contributed by atoms with Crippen LogP contribution in [0.4, 0.5) is 0 Å². The lowest BCUT2D eigenvalue weighted by Crippen LogP contribution is -2.66. The molecule has 0 saturated carbocycles. The fraction of sp³-hybridized carbons (Fsp3) is 0.484. The van der Waals surface area contributed by atoms with Crippen molar-refractivity contribution in [2.45, 2.75) is 63.3 Å². The first-order valence-corrected chi connectivity index (χ1v) is 15.4. The number of nitrogens with one attached hydrogen (secondary N) is 2. The summed E-state index contributed by atoms with van der Waals surface area (Å²) in [6.07, 6.45) is -2.94. The summed E-state index contributed by atoms with van der Waals surface area (Å²) in [6, 6.07) is 15.7. The number of aldehydes is 1. The van der Waals surface area contributed by atoms with Crippen LogP contribution in [0.1, 0.15) is 43.5 Å². The van der Waals surface area contributed by atoms with E-state index in [9.17, 15) is 34.5 Å². The number of aliphatic carboxylic acids is 1. The maximum Gasteiger partial charge on any atom is 0.364 e. The number of hydrogen-bond acceptors (Lipinski definition) is 9. The SMILES string of the molecule is CC(=O)N[C@H]1[C@H]([C@H](O)[C@H](O)CNC(=O)c2ccc(-c3ccccc3)cc2)O[C@@](OCCCSCCC=O)(C(=O)O)C[C@@H]1C. The molecule has 0 spiro atoms. The second-order valence-electron chi connectivity index (χ2n) is 10.5. The Morgan fingerprint density at radius 1 is 1.09 bits per heavy atom. The molecule has 11 nitrogen and oxygen atoms in total. The highest BCUT2D eigenvalue weighted by molar-refractivity contribution is 7.99. The number of carbonyl (C=O) groups excluding carboxylic acids is 3. The molecule has 43 heavy (non-hydrogen) atoms. The highest BCUT2D eigenvalue weighted by atomic mass is 32.2. The Labute approximate surface area is 255 Å². The monoisotopic (exact) mass is 616 g/mol. The zero-order valence-electron chi connectivity index (χ0n) is 24.3. The van der Waals surface area contributed by atoms with E-state index in [1.54, 1.807) is 31.2 Å². The number of thioether (sulfide) groups is 1. The van der Waals surface area contributed by atoms with Crippen LogP contribution in [0, 0.1) is 5.92 Å². The smallest absolute Gasteiger partial charge is 0.364 e. The first kappa shape index (κ1) is 34.2. The van der Waals surface area contributed by atoms with E-state index < -0.39 is 53.8 Å². The average Bonchev–Trinajstić information content (AvgIpc) is 3.00. The summed E-state index contributed by atoms with van der Waals surface area (Å²) in [7, 11) is 0. The van der Waals surface area contributed by atoms with Crippen LogP contribution in [0.25, 0.3) is 11.1 Å². The van der Waals surface area contributed by atoms with Crippen molar-refractivity contribution in [3.63, 3.8) is 0 Å². The number of carbonyl (C=O) groups is 4. The molecular weight excluding hydrogens is 576 g/mol. The molecular formula is C31H40N2O9S. The van der Waals surface area contributed by atoms with Gasteiger partial charge in [0.15, 0.2) is 0 Å². The van der Waals surface area contributed by atoms with E-state index in [1.807, 2.05) is 30.3 Å². The minimum atomic E-state index is -2.11. The summed E-state index contributed by atoms with van der Waals surface area (Å²) in [4.78, 5) is 47.6. The maximum absolute atomic E-state index is 12.8. The molecule has 5 N–H and O–H groups in total. The minimum Gasteiger partial charge on any atom is -0.477 e. The van der Waals surface area contributed by atoms with E-state index in [0.29, 0.717) is 29.9 Å². The largest absolute Gasteiger partial charge is 0.477 e. The van der Waals surface area contributed by atoms with Crippen LogP contribution in [0.15, 0.2) is 54.6 Å². The van der Waals surface area contributed by atoms with Crippen LogP contribution < -0.4 is 10.6 Å². The Hall–Kier alpha value is -3.29. The van der Waals surface area contributed by atoms with Crippen LogP contribution >= 0.6 is 11.8 Å². The third-order valence-electron chi connectivity index (χ3n) is 7.18. The Morgan fingerprint density at radius 3 is 2.40 bits per heavy atom. The van der Waals surface area contributed by atoms with Gasteiger partial charge in [-0.1, -0.05) is 49.4 Å². The molecule has 1 saturated heterocycles. The second-order valence-corrected chi connectivity index (χ2v) is 11.8. The summed E-state index contributed by atoms with van der Waals surface area (Å²) in [5.74, 6) is -3.62. The molecule has 12 heteroatoms. The highest BCUT2D eigenvalue weighted by Gasteiger charge is 2.54. The zero-order valence-corrected chi connectivity index (χ0v) is 25.1. The van der Waals surface area contributed by atoms with Gasteiger partial charge in [-0.25, -0.2) is 4.79 Å². The normalized spacial score (nSPS) is 23.1. The first-order chi connectivity index (χ1) is 20.6. The number of aliphatic hydroxyl groups is 2. The van der Waals surface area contributed by atoms with Crippen molar-refractivity contribution in [3.05, 3.63) is 60.2 Å². The summed E-state index contributed by atoms with van der Waals surface area (Å²) < 4.78 is 11.6. The van der Waals surface area contributed by atoms with Gasteiger partial charge in [0.2, 0.25) is 5.91 Å². The fourth-order valence-electron chi connectivity index (χ4n) is 4.96. The topological polar surface area (TPSA) is 171 Å². The predicted molar refractivity (Wildman–Crippen MR) is 161 cm³/mol. The second kappa shape index (κ2) is 16.5. The molecule has 6 atom stereocenters. The molecule has 0 unspecified atom stereocenters. The van der Waals surface area contributed by atoms with Crippen LogP contribution in [-0.4, -0.2) is 94.2 Å². The molecule has 234 valence electrons. The third-order valence-corrected chi connectivity index (χ3v) is 8.29. The van der Waals surface area contributed by atoms with Gasteiger partial charge in [0.25, 0.3) is 11.7 Å². The lowest BCUT2D eigenvalue weighted by molar-refractivity contribution is -0.304. The molecule has 0 radical (unpaired) electrons. The van der Waals surface area contributed by atoms with Gasteiger partial charge in [-0.05, 0) is 47.1 Å². The third kappa shape index (κ3) is 9.60. The highest BCUT2D eigenvalue weighted by Crippen LogP contribution is 2.36. The van der Waals surface area contributed by atoms with E-state index in [4.69, 9.17) is 9.47 Å². The van der Waals surface area contributed by atoms with Crippen molar-refractivity contribution >= 4 is 35.8 Å². The first-order valence-electron chi connectivity index (χ1n) is 14.2. The molecule has 1 aliphatic rings. The van der Waals surface area contributed by atoms with E-state index in [0.717, 1.165) is 17.4 Å². The van der Waals surface area contributed by atoms with Gasteiger partial charge in [-0.3, -0.25) is 9.59 Å². The number of hydrogen-bond donors (Lipinski definition) is 5. The number of benzene rings is 2. The summed E-state index contributed by atoms with van der Waals surface area (Å²) in [5, 5.41) is 37.4. The number of carboxylic acids is 1. The van der Waals surface area contributed by atoms with Gasteiger partial charge >= 0.3 is 5.97 Å². The maximum atomic E-state index is 12.8. The van der Waals surface area contributed by atoms with Gasteiger partial charge in [-0.2, -0.15) is 11.8 Å². The van der Waals surface area contributed by atoms with Gasteiger partial charge in [-0.15, -0.1) is 0 Å². The molecule has 2 amide bonds. The molecule has 0 aliphatic carbocycles. The van der Waals surface area contributed by atoms with Gasteiger partial charge < -0.3 is 40.2 Å². The number of carboxylic acid groups (broad SMARTS) is 1. The molecule has 2 aromatic carbocycles. The Balaban J connectivity index is 1.66. The molecule has 3 rings (SSSR count). The number of rotatable bonds is 16. The standard InChI is InChI=1S/C31H40N2O9S/c1-20-18-31(30(39)40,41-15-7-17-43-16-6-14-34)42-28(26(20)33-21(2)35)27(37)25(36)19-32-29(38)24-12-10-23(11-13-24)22-8-4-3-5-9-22/h3-5,8-14,20,25-28,36-37H,6-7,15-19H2,1-2H3,(H,32,38)(H,33,35)(H,39,40)/t20-,25+,26+,27+,28+,31+/m0/s1.